The summed E-state index contributed by atoms with van der Waals surface area (Å²) in [4.78, 5) is 0. The molecule has 0 bridgehead atoms. The summed E-state index contributed by atoms with van der Waals surface area (Å²) in [6.07, 6.45) is -4.40. The highest BCUT2D eigenvalue weighted by molar-refractivity contribution is 9.10. The molecule has 7 heteroatoms. The highest BCUT2D eigenvalue weighted by Gasteiger charge is 2.36. The number of rotatable bonds is 3. The van der Waals surface area contributed by atoms with E-state index in [0.29, 0.717) is 0 Å². The average Bonchev–Trinajstić information content (AvgIpc) is 2.20. The highest BCUT2D eigenvalue weighted by atomic mass is 79.9. The molecule has 0 radical (unpaired) electrons. The molecule has 0 aliphatic heterocycles. The van der Waals surface area contributed by atoms with Crippen LogP contribution in [0.25, 0.3) is 0 Å². The van der Waals surface area contributed by atoms with E-state index in [1.54, 1.807) is 0 Å². The molecule has 17 heavy (non-hydrogen) atoms. The maximum Gasteiger partial charge on any atom is 0.416 e. The number of benzene rings is 1. The van der Waals surface area contributed by atoms with Gasteiger partial charge in [-0.05, 0) is 41.0 Å². The van der Waals surface area contributed by atoms with Crippen molar-refractivity contribution in [2.24, 2.45) is 11.5 Å². The minimum atomic E-state index is -4.56. The lowest BCUT2D eigenvalue weighted by atomic mass is 9.97. The molecule has 0 saturated heterocycles. The molecule has 0 aliphatic rings. The molecule has 0 aromatic heterocycles. The first-order valence-corrected chi connectivity index (χ1v) is 5.62. The molecule has 0 fully saturated rings. The molecule has 0 unspecified atom stereocenters. The number of phenolic OH excluding ortho intramolecular Hbond substituents is 1. The summed E-state index contributed by atoms with van der Waals surface area (Å²) >= 11 is 2.96. The van der Waals surface area contributed by atoms with Crippen molar-refractivity contribution in [1.29, 1.82) is 0 Å². The van der Waals surface area contributed by atoms with E-state index in [2.05, 4.69) is 15.9 Å². The van der Waals surface area contributed by atoms with Gasteiger partial charge in [0.05, 0.1) is 10.0 Å². The van der Waals surface area contributed by atoms with Gasteiger partial charge in [-0.3, -0.25) is 0 Å². The van der Waals surface area contributed by atoms with Crippen molar-refractivity contribution < 1.29 is 18.3 Å². The molecule has 1 aromatic carbocycles. The molecule has 1 atom stereocenters. The molecule has 1 rings (SSSR count). The van der Waals surface area contributed by atoms with Gasteiger partial charge in [-0.2, -0.15) is 13.2 Å². The lowest BCUT2D eigenvalue weighted by Gasteiger charge is -2.19. The van der Waals surface area contributed by atoms with Gasteiger partial charge in [-0.15, -0.1) is 0 Å². The van der Waals surface area contributed by atoms with E-state index in [1.165, 1.54) is 0 Å². The molecular formula is C10H12BrF3N2O. The van der Waals surface area contributed by atoms with Gasteiger partial charge in [0, 0.05) is 11.6 Å². The Labute approximate surface area is 105 Å². The van der Waals surface area contributed by atoms with Crippen LogP contribution in [0.3, 0.4) is 0 Å². The smallest absolute Gasteiger partial charge is 0.416 e. The second-order valence-electron chi connectivity index (χ2n) is 3.54. The van der Waals surface area contributed by atoms with Gasteiger partial charge in [-0.25, -0.2) is 0 Å². The van der Waals surface area contributed by atoms with Crippen molar-refractivity contribution in [2.75, 3.05) is 6.54 Å². The number of hydrogen-bond donors (Lipinski definition) is 3. The van der Waals surface area contributed by atoms with Crippen molar-refractivity contribution in [3.63, 3.8) is 0 Å². The molecule has 3 nitrogen and oxygen atoms in total. The first-order valence-electron chi connectivity index (χ1n) is 4.83. The molecule has 1 aromatic rings. The Morgan fingerprint density at radius 3 is 2.41 bits per heavy atom. The summed E-state index contributed by atoms with van der Waals surface area (Å²) in [5, 5.41) is 9.67. The Kier molecular flexibility index (Phi) is 4.40. The summed E-state index contributed by atoms with van der Waals surface area (Å²) in [6, 6.07) is 1.07. The number of halogens is 4. The van der Waals surface area contributed by atoms with Crippen LogP contribution in [0.2, 0.25) is 0 Å². The first-order chi connectivity index (χ1) is 7.79. The van der Waals surface area contributed by atoms with Gasteiger partial charge >= 0.3 is 6.18 Å². The van der Waals surface area contributed by atoms with Crippen LogP contribution in [0.15, 0.2) is 16.6 Å². The number of hydrogen-bond acceptors (Lipinski definition) is 3. The highest BCUT2D eigenvalue weighted by Crippen LogP contribution is 2.42. The fraction of sp³-hybridized carbons (Fsp3) is 0.400. The van der Waals surface area contributed by atoms with Crippen molar-refractivity contribution >= 4 is 15.9 Å². The number of nitrogens with two attached hydrogens (primary N) is 2. The monoisotopic (exact) mass is 312 g/mol. The fourth-order valence-electron chi connectivity index (χ4n) is 1.53. The topological polar surface area (TPSA) is 72.3 Å². The van der Waals surface area contributed by atoms with Crippen LogP contribution in [0.1, 0.15) is 23.6 Å². The SMILES string of the molecule is NCC[C@H](N)c1c(C(F)(F)F)ccc(Br)c1O. The second-order valence-corrected chi connectivity index (χ2v) is 4.39. The van der Waals surface area contributed by atoms with Crippen LogP contribution in [-0.4, -0.2) is 11.7 Å². The molecule has 0 heterocycles. The standard InChI is InChI=1S/C10H12BrF3N2O/c11-6-2-1-5(10(12,13)14)8(9(6)17)7(16)3-4-15/h1-2,7,17H,3-4,15-16H2/t7-/m0/s1. The molecule has 96 valence electrons. The molecular weight excluding hydrogens is 301 g/mol. The van der Waals surface area contributed by atoms with Crippen LogP contribution in [0.5, 0.6) is 5.75 Å². The third-order valence-corrected chi connectivity index (χ3v) is 2.96. The Balaban J connectivity index is 3.36. The van der Waals surface area contributed by atoms with Crippen LogP contribution in [-0.2, 0) is 6.18 Å². The van der Waals surface area contributed by atoms with E-state index in [0.717, 1.165) is 12.1 Å². The molecule has 0 aliphatic carbocycles. The normalized spacial score (nSPS) is 13.8. The lowest BCUT2D eigenvalue weighted by molar-refractivity contribution is -0.138. The maximum atomic E-state index is 12.7. The van der Waals surface area contributed by atoms with Gasteiger partial charge in [0.25, 0.3) is 0 Å². The predicted octanol–water partition coefficient (Wildman–Crippen LogP) is 2.52. The Hall–Kier alpha value is -0.790. The van der Waals surface area contributed by atoms with E-state index in [1.807, 2.05) is 0 Å². The van der Waals surface area contributed by atoms with Gasteiger partial charge in [0.15, 0.2) is 0 Å². The maximum absolute atomic E-state index is 12.7. The van der Waals surface area contributed by atoms with E-state index >= 15 is 0 Å². The minimum absolute atomic E-state index is 0.143. The van der Waals surface area contributed by atoms with Gasteiger partial charge in [0.1, 0.15) is 5.75 Å². The Morgan fingerprint density at radius 1 is 1.35 bits per heavy atom. The van der Waals surface area contributed by atoms with Crippen LogP contribution in [0, 0.1) is 0 Å². The average molecular weight is 313 g/mol. The Morgan fingerprint density at radius 2 is 1.94 bits per heavy atom. The van der Waals surface area contributed by atoms with E-state index in [9.17, 15) is 18.3 Å². The summed E-state index contributed by atoms with van der Waals surface area (Å²) in [5.74, 6) is -0.485. The second kappa shape index (κ2) is 5.24. The number of alkyl halides is 3. The zero-order chi connectivity index (χ0) is 13.2. The van der Waals surface area contributed by atoms with Crippen LogP contribution in [0.4, 0.5) is 13.2 Å². The quantitative estimate of drug-likeness (QED) is 0.803. The minimum Gasteiger partial charge on any atom is -0.506 e. The third kappa shape index (κ3) is 3.11. The van der Waals surface area contributed by atoms with E-state index in [-0.39, 0.29) is 23.0 Å². The fourth-order valence-corrected chi connectivity index (χ4v) is 1.87. The van der Waals surface area contributed by atoms with Gasteiger partial charge < -0.3 is 16.6 Å². The van der Waals surface area contributed by atoms with Gasteiger partial charge in [0.2, 0.25) is 0 Å². The Bertz CT molecular complexity index is 409. The van der Waals surface area contributed by atoms with E-state index < -0.39 is 23.5 Å². The lowest BCUT2D eigenvalue weighted by Crippen LogP contribution is -2.20. The molecule has 0 spiro atoms. The zero-order valence-corrected chi connectivity index (χ0v) is 10.3. The molecule has 5 N–H and O–H groups in total. The molecule has 0 saturated carbocycles. The van der Waals surface area contributed by atoms with Crippen molar-refractivity contribution in [3.8, 4) is 5.75 Å². The summed E-state index contributed by atoms with van der Waals surface area (Å²) in [5.41, 5.74) is 9.62. The summed E-state index contributed by atoms with van der Waals surface area (Å²) < 4.78 is 38.4. The number of aromatic hydroxyl groups is 1. The largest absolute Gasteiger partial charge is 0.506 e. The van der Waals surface area contributed by atoms with E-state index in [4.69, 9.17) is 11.5 Å². The predicted molar refractivity (Wildman–Crippen MR) is 61.4 cm³/mol. The van der Waals surface area contributed by atoms with Crippen molar-refractivity contribution in [3.05, 3.63) is 27.7 Å². The van der Waals surface area contributed by atoms with Gasteiger partial charge in [-0.1, -0.05) is 0 Å². The summed E-state index contributed by atoms with van der Waals surface area (Å²) in [7, 11) is 0. The zero-order valence-electron chi connectivity index (χ0n) is 8.76. The van der Waals surface area contributed by atoms with Crippen molar-refractivity contribution in [2.45, 2.75) is 18.6 Å². The van der Waals surface area contributed by atoms with Crippen LogP contribution < -0.4 is 11.5 Å². The molecule has 0 amide bonds. The van der Waals surface area contributed by atoms with Crippen LogP contribution >= 0.6 is 15.9 Å². The van der Waals surface area contributed by atoms with Crippen molar-refractivity contribution in [1.82, 2.24) is 0 Å². The first kappa shape index (κ1) is 14.3. The summed E-state index contributed by atoms with van der Waals surface area (Å²) in [6.45, 7) is 0.143. The number of phenols is 1. The third-order valence-electron chi connectivity index (χ3n) is 2.32.